The third-order valence-corrected chi connectivity index (χ3v) is 2.82. The molecule has 1 rings (SSSR count). The maximum atomic E-state index is 5.71. The van der Waals surface area contributed by atoms with E-state index in [9.17, 15) is 0 Å². The molecule has 0 fully saturated rings. The first-order valence-electron chi connectivity index (χ1n) is 3.99. The van der Waals surface area contributed by atoms with E-state index in [1.807, 2.05) is 6.92 Å². The standard InChI is InChI=1S/C8H12IN3/c1-3-5-7(9)8(10)12-6(4-2)11-5/h3-4H2,1-2H3,(H2,10,11,12). The van der Waals surface area contributed by atoms with Crippen molar-refractivity contribution in [1.82, 2.24) is 9.97 Å². The van der Waals surface area contributed by atoms with E-state index < -0.39 is 0 Å². The van der Waals surface area contributed by atoms with Crippen LogP contribution in [0.5, 0.6) is 0 Å². The lowest BCUT2D eigenvalue weighted by molar-refractivity contribution is 0.884. The van der Waals surface area contributed by atoms with Gasteiger partial charge in [-0.3, -0.25) is 0 Å². The summed E-state index contributed by atoms with van der Waals surface area (Å²) >= 11 is 2.19. The van der Waals surface area contributed by atoms with E-state index in [1.54, 1.807) is 0 Å². The summed E-state index contributed by atoms with van der Waals surface area (Å²) in [5.74, 6) is 1.45. The molecule has 3 nitrogen and oxygen atoms in total. The Morgan fingerprint density at radius 1 is 1.25 bits per heavy atom. The molecule has 0 unspecified atom stereocenters. The summed E-state index contributed by atoms with van der Waals surface area (Å²) in [7, 11) is 0. The Labute approximate surface area is 85.9 Å². The molecule has 0 atom stereocenters. The second kappa shape index (κ2) is 4.02. The fourth-order valence-electron chi connectivity index (χ4n) is 0.958. The second-order valence-corrected chi connectivity index (χ2v) is 3.57. The SMILES string of the molecule is CCc1nc(N)c(I)c(CC)n1. The van der Waals surface area contributed by atoms with E-state index in [-0.39, 0.29) is 0 Å². The summed E-state index contributed by atoms with van der Waals surface area (Å²) in [6, 6.07) is 0. The Balaban J connectivity index is 3.19. The summed E-state index contributed by atoms with van der Waals surface area (Å²) in [5, 5.41) is 0. The van der Waals surface area contributed by atoms with Crippen LogP contribution in [0.3, 0.4) is 0 Å². The second-order valence-electron chi connectivity index (χ2n) is 2.49. The van der Waals surface area contributed by atoms with Crippen molar-refractivity contribution in [2.45, 2.75) is 26.7 Å². The summed E-state index contributed by atoms with van der Waals surface area (Å²) in [6.45, 7) is 4.10. The largest absolute Gasteiger partial charge is 0.383 e. The van der Waals surface area contributed by atoms with E-state index in [4.69, 9.17) is 5.73 Å². The van der Waals surface area contributed by atoms with Gasteiger partial charge in [-0.2, -0.15) is 0 Å². The Morgan fingerprint density at radius 3 is 2.42 bits per heavy atom. The molecule has 0 bridgehead atoms. The van der Waals surface area contributed by atoms with Gasteiger partial charge in [0.1, 0.15) is 11.6 Å². The average Bonchev–Trinajstić information content (AvgIpc) is 2.09. The number of nitrogen functional groups attached to an aromatic ring is 1. The van der Waals surface area contributed by atoms with Crippen LogP contribution in [-0.2, 0) is 12.8 Å². The van der Waals surface area contributed by atoms with Crippen molar-refractivity contribution < 1.29 is 0 Å². The third kappa shape index (κ3) is 1.85. The van der Waals surface area contributed by atoms with Crippen LogP contribution < -0.4 is 5.73 Å². The highest BCUT2D eigenvalue weighted by atomic mass is 127. The molecule has 0 amide bonds. The number of hydrogen-bond donors (Lipinski definition) is 1. The molecule has 1 heterocycles. The Kier molecular flexibility index (Phi) is 3.25. The van der Waals surface area contributed by atoms with Gasteiger partial charge < -0.3 is 5.73 Å². The molecule has 0 aliphatic rings. The predicted octanol–water partition coefficient (Wildman–Crippen LogP) is 1.79. The van der Waals surface area contributed by atoms with Crippen LogP contribution in [0.25, 0.3) is 0 Å². The molecular formula is C8H12IN3. The zero-order valence-corrected chi connectivity index (χ0v) is 9.42. The van der Waals surface area contributed by atoms with Crippen molar-refractivity contribution >= 4 is 28.4 Å². The van der Waals surface area contributed by atoms with E-state index >= 15 is 0 Å². The van der Waals surface area contributed by atoms with Gasteiger partial charge in [0.15, 0.2) is 0 Å². The lowest BCUT2D eigenvalue weighted by Crippen LogP contribution is -2.05. The van der Waals surface area contributed by atoms with Gasteiger partial charge in [-0.05, 0) is 29.0 Å². The molecule has 0 saturated heterocycles. The van der Waals surface area contributed by atoms with Crippen molar-refractivity contribution in [3.05, 3.63) is 15.1 Å². The Bertz CT molecular complexity index is 286. The summed E-state index contributed by atoms with van der Waals surface area (Å²) in [4.78, 5) is 8.53. The van der Waals surface area contributed by atoms with Crippen LogP contribution in [0.4, 0.5) is 5.82 Å². The van der Waals surface area contributed by atoms with Crippen LogP contribution in [0.15, 0.2) is 0 Å². The molecule has 1 aromatic rings. The van der Waals surface area contributed by atoms with Gasteiger partial charge in [0.2, 0.25) is 0 Å². The van der Waals surface area contributed by atoms with Crippen LogP contribution in [0.1, 0.15) is 25.4 Å². The molecule has 4 heteroatoms. The molecule has 0 aliphatic heterocycles. The number of aryl methyl sites for hydroxylation is 2. The number of nitrogens with two attached hydrogens (primary N) is 1. The Hall–Kier alpha value is -0.390. The topological polar surface area (TPSA) is 51.8 Å². The van der Waals surface area contributed by atoms with E-state index in [0.717, 1.165) is 27.9 Å². The number of aromatic nitrogens is 2. The van der Waals surface area contributed by atoms with Gasteiger partial charge in [-0.15, -0.1) is 0 Å². The van der Waals surface area contributed by atoms with Crippen LogP contribution in [-0.4, -0.2) is 9.97 Å². The maximum absolute atomic E-state index is 5.71. The zero-order valence-electron chi connectivity index (χ0n) is 7.26. The van der Waals surface area contributed by atoms with Gasteiger partial charge in [0, 0.05) is 6.42 Å². The molecule has 0 aliphatic carbocycles. The highest BCUT2D eigenvalue weighted by molar-refractivity contribution is 14.1. The summed E-state index contributed by atoms with van der Waals surface area (Å²) in [6.07, 6.45) is 1.76. The van der Waals surface area contributed by atoms with Crippen molar-refractivity contribution in [2.24, 2.45) is 0 Å². The summed E-state index contributed by atoms with van der Waals surface area (Å²) < 4.78 is 0.993. The molecule has 66 valence electrons. The summed E-state index contributed by atoms with van der Waals surface area (Å²) in [5.41, 5.74) is 6.77. The average molecular weight is 277 g/mol. The van der Waals surface area contributed by atoms with Gasteiger partial charge in [-0.1, -0.05) is 13.8 Å². The quantitative estimate of drug-likeness (QED) is 0.838. The first kappa shape index (κ1) is 9.70. The number of rotatable bonds is 2. The first-order chi connectivity index (χ1) is 5.69. The fraction of sp³-hybridized carbons (Fsp3) is 0.500. The minimum atomic E-state index is 0.610. The number of nitrogens with zero attached hydrogens (tertiary/aromatic N) is 2. The van der Waals surface area contributed by atoms with Crippen molar-refractivity contribution in [3.63, 3.8) is 0 Å². The van der Waals surface area contributed by atoms with Crippen molar-refractivity contribution in [3.8, 4) is 0 Å². The van der Waals surface area contributed by atoms with Gasteiger partial charge in [0.25, 0.3) is 0 Å². The molecular weight excluding hydrogens is 265 g/mol. The van der Waals surface area contributed by atoms with E-state index in [2.05, 4.69) is 39.5 Å². The van der Waals surface area contributed by atoms with Gasteiger partial charge in [0.05, 0.1) is 9.26 Å². The van der Waals surface area contributed by atoms with Crippen LogP contribution in [0.2, 0.25) is 0 Å². The molecule has 0 aromatic carbocycles. The lowest BCUT2D eigenvalue weighted by Gasteiger charge is -2.05. The third-order valence-electron chi connectivity index (χ3n) is 1.64. The van der Waals surface area contributed by atoms with E-state index in [0.29, 0.717) is 5.82 Å². The minimum Gasteiger partial charge on any atom is -0.383 e. The molecule has 0 radical (unpaired) electrons. The number of hydrogen-bond acceptors (Lipinski definition) is 3. The van der Waals surface area contributed by atoms with E-state index in [1.165, 1.54) is 0 Å². The normalized spacial score (nSPS) is 10.2. The zero-order chi connectivity index (χ0) is 9.14. The molecule has 1 aromatic heterocycles. The molecule has 0 spiro atoms. The van der Waals surface area contributed by atoms with Gasteiger partial charge >= 0.3 is 0 Å². The molecule has 2 N–H and O–H groups in total. The monoisotopic (exact) mass is 277 g/mol. The van der Waals surface area contributed by atoms with Crippen LogP contribution >= 0.6 is 22.6 Å². The van der Waals surface area contributed by atoms with Gasteiger partial charge in [-0.25, -0.2) is 9.97 Å². The fourth-order valence-corrected chi connectivity index (χ4v) is 1.58. The van der Waals surface area contributed by atoms with Crippen molar-refractivity contribution in [2.75, 3.05) is 5.73 Å². The highest BCUT2D eigenvalue weighted by Crippen LogP contribution is 2.16. The lowest BCUT2D eigenvalue weighted by atomic mass is 10.3. The smallest absolute Gasteiger partial charge is 0.140 e. The van der Waals surface area contributed by atoms with Crippen LogP contribution in [0, 0.1) is 3.57 Å². The number of anilines is 1. The maximum Gasteiger partial charge on any atom is 0.140 e. The number of halogens is 1. The van der Waals surface area contributed by atoms with Crippen molar-refractivity contribution in [1.29, 1.82) is 0 Å². The predicted molar refractivity (Wildman–Crippen MR) is 57.9 cm³/mol. The molecule has 0 saturated carbocycles. The first-order valence-corrected chi connectivity index (χ1v) is 5.07. The Morgan fingerprint density at radius 2 is 1.92 bits per heavy atom. The minimum absolute atomic E-state index is 0.610. The molecule has 12 heavy (non-hydrogen) atoms. The highest BCUT2D eigenvalue weighted by Gasteiger charge is 2.06.